The Morgan fingerprint density at radius 1 is 1.33 bits per heavy atom. The summed E-state index contributed by atoms with van der Waals surface area (Å²) in [5.41, 5.74) is 1.04. The molecule has 0 bridgehead atoms. The molecule has 0 amide bonds. The third-order valence-corrected chi connectivity index (χ3v) is 3.90. The fourth-order valence-electron chi connectivity index (χ4n) is 1.88. The van der Waals surface area contributed by atoms with Crippen molar-refractivity contribution in [2.45, 2.75) is 40.2 Å². The second-order valence-electron chi connectivity index (χ2n) is 5.28. The largest absolute Gasteiger partial charge is 0.373 e. The Hall–Kier alpha value is -0.430. The van der Waals surface area contributed by atoms with Crippen LogP contribution in [0.3, 0.4) is 0 Å². The predicted molar refractivity (Wildman–Crippen MR) is 82.9 cm³/mol. The molecular formula is C13H22IN3O. The zero-order valence-electron chi connectivity index (χ0n) is 12.0. The van der Waals surface area contributed by atoms with E-state index in [9.17, 15) is 0 Å². The summed E-state index contributed by atoms with van der Waals surface area (Å²) in [5.74, 6) is 1.63. The average molecular weight is 363 g/mol. The summed E-state index contributed by atoms with van der Waals surface area (Å²) in [6, 6.07) is 0. The summed E-state index contributed by atoms with van der Waals surface area (Å²) >= 11 is 2.29. The van der Waals surface area contributed by atoms with Gasteiger partial charge in [0.05, 0.1) is 9.26 Å². The van der Waals surface area contributed by atoms with E-state index in [1.54, 1.807) is 7.11 Å². The first kappa shape index (κ1) is 15.6. The quantitative estimate of drug-likeness (QED) is 0.833. The van der Waals surface area contributed by atoms with E-state index in [0.29, 0.717) is 0 Å². The molecule has 0 fully saturated rings. The van der Waals surface area contributed by atoms with E-state index in [4.69, 9.17) is 4.74 Å². The van der Waals surface area contributed by atoms with E-state index in [1.165, 1.54) is 0 Å². The van der Waals surface area contributed by atoms with Crippen molar-refractivity contribution in [2.24, 2.45) is 5.41 Å². The van der Waals surface area contributed by atoms with Gasteiger partial charge in [0.1, 0.15) is 11.9 Å². The van der Waals surface area contributed by atoms with E-state index >= 15 is 0 Å². The maximum atomic E-state index is 5.58. The molecule has 0 saturated heterocycles. The number of aryl methyl sites for hydroxylation is 1. The van der Waals surface area contributed by atoms with Gasteiger partial charge in [0.2, 0.25) is 0 Å². The highest BCUT2D eigenvalue weighted by Gasteiger charge is 2.29. The van der Waals surface area contributed by atoms with E-state index in [2.05, 4.69) is 65.6 Å². The molecule has 0 aliphatic rings. The predicted octanol–water partition coefficient (Wildman–Crippen LogP) is 3.42. The summed E-state index contributed by atoms with van der Waals surface area (Å²) in [5, 5.41) is 3.13. The molecule has 1 unspecified atom stereocenters. The van der Waals surface area contributed by atoms with Gasteiger partial charge in [0.15, 0.2) is 5.82 Å². The van der Waals surface area contributed by atoms with Gasteiger partial charge in [-0.25, -0.2) is 9.97 Å². The minimum atomic E-state index is -0.105. The van der Waals surface area contributed by atoms with Crippen molar-refractivity contribution in [1.82, 2.24) is 9.97 Å². The lowest BCUT2D eigenvalue weighted by atomic mass is 9.88. The van der Waals surface area contributed by atoms with Gasteiger partial charge in [0, 0.05) is 14.2 Å². The SMILES string of the molecule is CCc1nc(C(OC)C(C)(C)C)nc(NC)c1I. The van der Waals surface area contributed by atoms with Gasteiger partial charge < -0.3 is 10.1 Å². The molecule has 5 heteroatoms. The molecule has 0 aromatic carbocycles. The lowest BCUT2D eigenvalue weighted by molar-refractivity contribution is 0.00859. The van der Waals surface area contributed by atoms with Gasteiger partial charge in [-0.3, -0.25) is 0 Å². The van der Waals surface area contributed by atoms with E-state index in [0.717, 1.165) is 27.3 Å². The summed E-state index contributed by atoms with van der Waals surface area (Å²) < 4.78 is 6.67. The molecule has 1 rings (SSSR count). The van der Waals surface area contributed by atoms with Crippen LogP contribution in [0.5, 0.6) is 0 Å². The Labute approximate surface area is 123 Å². The third-order valence-electron chi connectivity index (χ3n) is 2.77. The normalized spacial score (nSPS) is 13.5. The molecule has 1 aromatic heterocycles. The van der Waals surface area contributed by atoms with Crippen LogP contribution in [-0.2, 0) is 11.2 Å². The fraction of sp³-hybridized carbons (Fsp3) is 0.692. The molecule has 1 aromatic rings. The van der Waals surface area contributed by atoms with Gasteiger partial charge in [-0.2, -0.15) is 0 Å². The van der Waals surface area contributed by atoms with Gasteiger partial charge in [-0.1, -0.05) is 27.7 Å². The number of hydrogen-bond acceptors (Lipinski definition) is 4. The Morgan fingerprint density at radius 3 is 2.33 bits per heavy atom. The van der Waals surface area contributed by atoms with Crippen molar-refractivity contribution < 1.29 is 4.74 Å². The van der Waals surface area contributed by atoms with Gasteiger partial charge in [-0.15, -0.1) is 0 Å². The van der Waals surface area contributed by atoms with Crippen molar-refractivity contribution in [3.8, 4) is 0 Å². The van der Waals surface area contributed by atoms with Gasteiger partial charge >= 0.3 is 0 Å². The monoisotopic (exact) mass is 363 g/mol. The van der Waals surface area contributed by atoms with Crippen LogP contribution in [0.25, 0.3) is 0 Å². The molecule has 4 nitrogen and oxygen atoms in total. The van der Waals surface area contributed by atoms with Crippen LogP contribution >= 0.6 is 22.6 Å². The Bertz CT molecular complexity index is 390. The van der Waals surface area contributed by atoms with E-state index < -0.39 is 0 Å². The molecule has 102 valence electrons. The summed E-state index contributed by atoms with van der Waals surface area (Å²) in [6.45, 7) is 8.50. The number of halogens is 1. The van der Waals surface area contributed by atoms with E-state index in [1.807, 2.05) is 7.05 Å². The molecule has 1 N–H and O–H groups in total. The van der Waals surface area contributed by atoms with Gasteiger partial charge in [-0.05, 0) is 34.4 Å². The minimum absolute atomic E-state index is 0.0302. The second kappa shape index (κ2) is 6.14. The number of rotatable bonds is 4. The van der Waals surface area contributed by atoms with Crippen molar-refractivity contribution in [3.63, 3.8) is 0 Å². The van der Waals surface area contributed by atoms with Crippen LogP contribution in [0.4, 0.5) is 5.82 Å². The molecule has 0 spiro atoms. The van der Waals surface area contributed by atoms with Crippen molar-refractivity contribution in [2.75, 3.05) is 19.5 Å². The van der Waals surface area contributed by atoms with Crippen LogP contribution in [-0.4, -0.2) is 24.1 Å². The summed E-state index contributed by atoms with van der Waals surface area (Å²) in [7, 11) is 3.59. The van der Waals surface area contributed by atoms with Gasteiger partial charge in [0.25, 0.3) is 0 Å². The standard InChI is InChI=1S/C13H22IN3O/c1-7-8-9(14)11(15-5)17-12(16-8)10(18-6)13(2,3)4/h10H,7H2,1-6H3,(H,15,16,17). The van der Waals surface area contributed by atoms with Crippen molar-refractivity contribution >= 4 is 28.4 Å². The molecule has 1 atom stereocenters. The summed E-state index contributed by atoms with van der Waals surface area (Å²) in [4.78, 5) is 9.24. The third kappa shape index (κ3) is 3.32. The lowest BCUT2D eigenvalue weighted by Crippen LogP contribution is -2.23. The maximum absolute atomic E-state index is 5.58. The number of ether oxygens (including phenoxy) is 1. The van der Waals surface area contributed by atoms with Crippen molar-refractivity contribution in [3.05, 3.63) is 15.1 Å². The zero-order chi connectivity index (χ0) is 13.9. The van der Waals surface area contributed by atoms with E-state index in [-0.39, 0.29) is 11.5 Å². The smallest absolute Gasteiger partial charge is 0.160 e. The van der Waals surface area contributed by atoms with Crippen LogP contribution in [0.15, 0.2) is 0 Å². The Balaban J connectivity index is 3.32. The molecule has 0 saturated carbocycles. The summed E-state index contributed by atoms with van der Waals surface area (Å²) in [6.07, 6.45) is 0.787. The number of nitrogens with one attached hydrogen (secondary N) is 1. The highest BCUT2D eigenvalue weighted by molar-refractivity contribution is 14.1. The number of nitrogens with zero attached hydrogens (tertiary/aromatic N) is 2. The molecule has 0 aliphatic heterocycles. The Kier molecular flexibility index (Phi) is 5.33. The minimum Gasteiger partial charge on any atom is -0.373 e. The van der Waals surface area contributed by atoms with Crippen LogP contribution in [0.2, 0.25) is 0 Å². The molecular weight excluding hydrogens is 341 g/mol. The number of anilines is 1. The molecule has 0 radical (unpaired) electrons. The lowest BCUT2D eigenvalue weighted by Gasteiger charge is -2.28. The first-order valence-electron chi connectivity index (χ1n) is 6.12. The van der Waals surface area contributed by atoms with Crippen molar-refractivity contribution in [1.29, 1.82) is 0 Å². The highest BCUT2D eigenvalue weighted by atomic mass is 127. The number of methoxy groups -OCH3 is 1. The first-order chi connectivity index (χ1) is 8.35. The molecule has 1 heterocycles. The van der Waals surface area contributed by atoms with Crippen LogP contribution in [0.1, 0.15) is 45.3 Å². The van der Waals surface area contributed by atoms with Crippen LogP contribution in [0, 0.1) is 8.99 Å². The second-order valence-corrected chi connectivity index (χ2v) is 6.36. The topological polar surface area (TPSA) is 47.0 Å². The van der Waals surface area contributed by atoms with Crippen LogP contribution < -0.4 is 5.32 Å². The zero-order valence-corrected chi connectivity index (χ0v) is 14.1. The Morgan fingerprint density at radius 2 is 1.94 bits per heavy atom. The molecule has 18 heavy (non-hydrogen) atoms. The fourth-order valence-corrected chi connectivity index (χ4v) is 2.77. The highest BCUT2D eigenvalue weighted by Crippen LogP contribution is 2.35. The maximum Gasteiger partial charge on any atom is 0.160 e. The molecule has 0 aliphatic carbocycles. The number of hydrogen-bond donors (Lipinski definition) is 1. The average Bonchev–Trinajstić information content (AvgIpc) is 2.29. The first-order valence-corrected chi connectivity index (χ1v) is 7.19. The number of aromatic nitrogens is 2.